The third kappa shape index (κ3) is 3.52. The number of nitrogens with zero attached hydrogens (tertiary/aromatic N) is 6. The highest BCUT2D eigenvalue weighted by atomic mass is 35.5. The van der Waals surface area contributed by atoms with Gasteiger partial charge in [-0.1, -0.05) is 29.8 Å². The average Bonchev–Trinajstić information content (AvgIpc) is 3.18. The first kappa shape index (κ1) is 20.2. The fraction of sp³-hybridized carbons (Fsp3) is 0.190. The summed E-state index contributed by atoms with van der Waals surface area (Å²) in [5.74, 6) is -0.445. The summed E-state index contributed by atoms with van der Waals surface area (Å²) in [6.07, 6.45) is 1.62. The zero-order valence-electron chi connectivity index (χ0n) is 16.2. The van der Waals surface area contributed by atoms with Crippen LogP contribution in [0.1, 0.15) is 22.6 Å². The van der Waals surface area contributed by atoms with Gasteiger partial charge < -0.3 is 15.5 Å². The molecule has 3 heterocycles. The molecule has 0 radical (unpaired) electrons. The number of nitriles is 2. The van der Waals surface area contributed by atoms with Crippen LogP contribution in [-0.4, -0.2) is 32.8 Å². The standard InChI is InChI=1S/C21H16ClN7O2/c22-17-5-4-14(11-26-17)12-27-6-7-28-20(25)16(10-24)18(19(21(27)28)29(30)31)15-3-1-2-13(8-15)9-23/h1-5,8,11,18H,6-7,12,25H2. The van der Waals surface area contributed by atoms with Gasteiger partial charge in [-0.3, -0.25) is 10.1 Å². The summed E-state index contributed by atoms with van der Waals surface area (Å²) in [7, 11) is 0. The van der Waals surface area contributed by atoms with Crippen LogP contribution in [-0.2, 0) is 6.54 Å². The van der Waals surface area contributed by atoms with Gasteiger partial charge in [-0.2, -0.15) is 10.5 Å². The first-order valence-electron chi connectivity index (χ1n) is 9.36. The smallest absolute Gasteiger partial charge is 0.299 e. The molecule has 31 heavy (non-hydrogen) atoms. The van der Waals surface area contributed by atoms with Crippen molar-refractivity contribution in [1.29, 1.82) is 10.5 Å². The lowest BCUT2D eigenvalue weighted by Gasteiger charge is -2.32. The largest absolute Gasteiger partial charge is 0.384 e. The van der Waals surface area contributed by atoms with Crippen LogP contribution in [0.5, 0.6) is 0 Å². The van der Waals surface area contributed by atoms with Crippen LogP contribution in [0, 0.1) is 32.8 Å². The number of pyridine rings is 1. The summed E-state index contributed by atoms with van der Waals surface area (Å²) >= 11 is 5.86. The van der Waals surface area contributed by atoms with E-state index in [1.54, 1.807) is 47.5 Å². The lowest BCUT2D eigenvalue weighted by atomic mass is 9.85. The highest BCUT2D eigenvalue weighted by molar-refractivity contribution is 6.29. The van der Waals surface area contributed by atoms with Crippen LogP contribution in [0.15, 0.2) is 65.5 Å². The molecule has 1 fully saturated rings. The van der Waals surface area contributed by atoms with Gasteiger partial charge in [0.15, 0.2) is 5.82 Å². The number of rotatable bonds is 4. The Morgan fingerprint density at radius 1 is 1.26 bits per heavy atom. The summed E-state index contributed by atoms with van der Waals surface area (Å²) in [5, 5.41) is 31.7. The average molecular weight is 434 g/mol. The van der Waals surface area contributed by atoms with Crippen LogP contribution in [0.2, 0.25) is 5.15 Å². The summed E-state index contributed by atoms with van der Waals surface area (Å²) in [5.41, 5.74) is 7.92. The molecule has 0 amide bonds. The number of nitro groups is 1. The Kier molecular flexibility index (Phi) is 5.20. The molecule has 0 spiro atoms. The maximum atomic E-state index is 12.3. The maximum Gasteiger partial charge on any atom is 0.299 e. The molecule has 1 aromatic carbocycles. The zero-order valence-corrected chi connectivity index (χ0v) is 17.0. The number of hydrogen-bond acceptors (Lipinski definition) is 8. The Morgan fingerprint density at radius 3 is 2.71 bits per heavy atom. The molecule has 1 aromatic heterocycles. The second-order valence-electron chi connectivity index (χ2n) is 7.11. The Hall–Kier alpha value is -4.08. The fourth-order valence-electron chi connectivity index (χ4n) is 3.99. The molecule has 2 aliphatic heterocycles. The zero-order chi connectivity index (χ0) is 22.1. The predicted molar refractivity (Wildman–Crippen MR) is 111 cm³/mol. The Morgan fingerprint density at radius 2 is 2.06 bits per heavy atom. The molecule has 0 saturated carbocycles. The van der Waals surface area contributed by atoms with Crippen molar-refractivity contribution in [3.63, 3.8) is 0 Å². The SMILES string of the molecule is N#CC1=C(N)N2CCN(Cc3ccc(Cl)nc3)C2=C([N+](=O)[O-])C1c1cccc(C#N)c1. The monoisotopic (exact) mass is 433 g/mol. The van der Waals surface area contributed by atoms with E-state index in [0.717, 1.165) is 5.56 Å². The molecule has 1 saturated heterocycles. The molecule has 9 nitrogen and oxygen atoms in total. The molecule has 2 aliphatic rings. The van der Waals surface area contributed by atoms with Gasteiger partial charge in [0.2, 0.25) is 0 Å². The van der Waals surface area contributed by atoms with E-state index in [2.05, 4.69) is 11.1 Å². The van der Waals surface area contributed by atoms with Crippen molar-refractivity contribution in [2.24, 2.45) is 5.73 Å². The van der Waals surface area contributed by atoms with Crippen molar-refractivity contribution in [2.45, 2.75) is 12.5 Å². The van der Waals surface area contributed by atoms with Crippen LogP contribution in [0.25, 0.3) is 0 Å². The number of aromatic nitrogens is 1. The molecular weight excluding hydrogens is 418 g/mol. The van der Waals surface area contributed by atoms with Crippen molar-refractivity contribution >= 4 is 11.6 Å². The van der Waals surface area contributed by atoms with Crippen LogP contribution in [0.4, 0.5) is 0 Å². The number of halogens is 1. The van der Waals surface area contributed by atoms with E-state index in [9.17, 15) is 20.6 Å². The summed E-state index contributed by atoms with van der Waals surface area (Å²) < 4.78 is 0. The van der Waals surface area contributed by atoms with Crippen LogP contribution < -0.4 is 5.73 Å². The number of nitrogens with two attached hydrogens (primary N) is 1. The molecule has 154 valence electrons. The van der Waals surface area contributed by atoms with E-state index in [1.165, 1.54) is 0 Å². The topological polar surface area (TPSA) is 136 Å². The molecule has 4 rings (SSSR count). The molecule has 1 atom stereocenters. The molecule has 10 heteroatoms. The van der Waals surface area contributed by atoms with Crippen molar-refractivity contribution in [1.82, 2.24) is 14.8 Å². The number of allylic oxidation sites excluding steroid dienone is 1. The minimum absolute atomic E-state index is 0.0977. The van der Waals surface area contributed by atoms with Gasteiger partial charge in [0.1, 0.15) is 16.9 Å². The number of hydrogen-bond donors (Lipinski definition) is 1. The molecule has 0 bridgehead atoms. The summed E-state index contributed by atoms with van der Waals surface area (Å²) in [6.45, 7) is 1.27. The van der Waals surface area contributed by atoms with Crippen molar-refractivity contribution in [3.8, 4) is 12.1 Å². The van der Waals surface area contributed by atoms with Crippen molar-refractivity contribution in [2.75, 3.05) is 13.1 Å². The summed E-state index contributed by atoms with van der Waals surface area (Å²) in [4.78, 5) is 19.3. The maximum absolute atomic E-state index is 12.3. The van der Waals surface area contributed by atoms with Gasteiger partial charge in [-0.25, -0.2) is 4.98 Å². The van der Waals surface area contributed by atoms with E-state index in [0.29, 0.717) is 41.7 Å². The molecule has 2 aromatic rings. The minimum atomic E-state index is -0.983. The first-order valence-corrected chi connectivity index (χ1v) is 9.73. The molecule has 2 N–H and O–H groups in total. The third-order valence-corrected chi connectivity index (χ3v) is 5.56. The lowest BCUT2D eigenvalue weighted by Crippen LogP contribution is -2.37. The minimum Gasteiger partial charge on any atom is -0.384 e. The first-order chi connectivity index (χ1) is 14.9. The van der Waals surface area contributed by atoms with Gasteiger partial charge in [0, 0.05) is 25.8 Å². The lowest BCUT2D eigenvalue weighted by molar-refractivity contribution is -0.432. The van der Waals surface area contributed by atoms with Crippen LogP contribution in [0.3, 0.4) is 0 Å². The summed E-state index contributed by atoms with van der Waals surface area (Å²) in [6, 6.07) is 14.0. The van der Waals surface area contributed by atoms with Crippen molar-refractivity contribution < 1.29 is 4.92 Å². The number of fused-ring (bicyclic) bond motifs is 1. The molecular formula is C21H16ClN7O2. The van der Waals surface area contributed by atoms with Gasteiger partial charge >= 0.3 is 0 Å². The Labute approximate surface area is 183 Å². The Balaban J connectivity index is 1.86. The number of benzene rings is 1. The highest BCUT2D eigenvalue weighted by Gasteiger charge is 2.47. The van der Waals surface area contributed by atoms with Gasteiger partial charge in [0.05, 0.1) is 28.2 Å². The van der Waals surface area contributed by atoms with E-state index in [4.69, 9.17) is 17.3 Å². The van der Waals surface area contributed by atoms with Gasteiger partial charge in [-0.05, 0) is 29.3 Å². The van der Waals surface area contributed by atoms with Crippen LogP contribution >= 0.6 is 11.6 Å². The predicted octanol–water partition coefficient (Wildman–Crippen LogP) is 2.66. The quantitative estimate of drug-likeness (QED) is 0.441. The fourth-order valence-corrected chi connectivity index (χ4v) is 4.10. The normalized spacial score (nSPS) is 18.0. The Bertz CT molecular complexity index is 1210. The van der Waals surface area contributed by atoms with E-state index in [-0.39, 0.29) is 17.1 Å². The molecule has 1 unspecified atom stereocenters. The second-order valence-corrected chi connectivity index (χ2v) is 7.50. The highest BCUT2D eigenvalue weighted by Crippen LogP contribution is 2.43. The third-order valence-electron chi connectivity index (χ3n) is 5.33. The molecule has 0 aliphatic carbocycles. The van der Waals surface area contributed by atoms with E-state index < -0.39 is 10.8 Å². The van der Waals surface area contributed by atoms with Gasteiger partial charge in [-0.15, -0.1) is 0 Å². The van der Waals surface area contributed by atoms with E-state index in [1.807, 2.05) is 11.0 Å². The van der Waals surface area contributed by atoms with Gasteiger partial charge in [0.25, 0.3) is 5.70 Å². The van der Waals surface area contributed by atoms with Crippen molar-refractivity contribution in [3.05, 3.63) is 97.5 Å². The van der Waals surface area contributed by atoms with E-state index >= 15 is 0 Å². The second kappa shape index (κ2) is 7.98.